The third-order valence-corrected chi connectivity index (χ3v) is 15.9. The van der Waals surface area contributed by atoms with Gasteiger partial charge in [-0.2, -0.15) is 0 Å². The molecule has 552 valence electrons. The van der Waals surface area contributed by atoms with E-state index in [0.29, 0.717) is 29.7 Å². The standard InChI is InChI=1S/C27H38N6O13P2.C19H30N5O10P.C8H11NO2.Cl3OP/c1-18(2)44-26(34)38-15-42-47(36,43-16-39-27(35)45-19(3)4)17-40-20(5)12-33-14-31-23-24(29-13-30-25(23)33)32-48(37)41-10-8-22(46-48)21-7-6-9-28-11-21;1-12(2)33-18(25)28-9-31-35(27,32-10-29-19(26)34-13(3)4)11-30-14(5)6-24-8-23-15-16(20)21-7-22-17(15)24;10-5-3-8(11)7-2-1-4-9-6-7;1-5(2,3)4/h6-7,9,11,13-14,18-20,22H,8,10,12,15-17H2,1-5H3,(H,29,30,32,37);7-8,12-14H,6,9-11H2,1-5H3,(H2,20,21,22);1-2,4,6,8,10-11H,3,5H2;/t20-,22?,48?;14-;;/m11../s1. The van der Waals surface area contributed by atoms with Crippen molar-refractivity contribution in [1.82, 2.24) is 49.0 Å². The number of anilines is 2. The number of carbonyl (C=O) groups excluding carboxylic acids is 4. The predicted molar refractivity (Wildman–Crippen MR) is 352 cm³/mol. The predicted octanol–water partition coefficient (Wildman–Crippen LogP) is 11.9. The van der Waals surface area contributed by atoms with Crippen LogP contribution in [0.2, 0.25) is 0 Å². The van der Waals surface area contributed by atoms with Gasteiger partial charge in [-0.05, 0) is 126 Å². The Morgan fingerprint density at radius 2 is 1.07 bits per heavy atom. The number of halogens is 3. The summed E-state index contributed by atoms with van der Waals surface area (Å²) in [6, 6.07) is 7.13. The van der Waals surface area contributed by atoms with Gasteiger partial charge < -0.3 is 72.4 Å². The van der Waals surface area contributed by atoms with Gasteiger partial charge in [0.15, 0.2) is 28.4 Å². The van der Waals surface area contributed by atoms with E-state index in [4.69, 9.17) is 85.4 Å². The molecular weight excluding hydrogens is 1460 g/mol. The summed E-state index contributed by atoms with van der Waals surface area (Å²) in [7, 11) is -12.1. The smallest absolute Gasteiger partial charge is 0.432 e. The topological polar surface area (TPSA) is 476 Å². The zero-order valence-electron chi connectivity index (χ0n) is 55.2. The molecule has 0 amide bonds. The molecule has 1 aliphatic heterocycles. The van der Waals surface area contributed by atoms with Crippen molar-refractivity contribution in [3.8, 4) is 0 Å². The number of rotatable bonds is 32. The van der Waals surface area contributed by atoms with E-state index in [1.54, 1.807) is 121 Å². The molecule has 7 rings (SSSR count). The molecule has 38 nitrogen and oxygen atoms in total. The van der Waals surface area contributed by atoms with Gasteiger partial charge in [-0.25, -0.2) is 53.6 Å². The second kappa shape index (κ2) is 42.7. The van der Waals surface area contributed by atoms with Crippen LogP contribution in [0.5, 0.6) is 0 Å². The van der Waals surface area contributed by atoms with Crippen molar-refractivity contribution >= 4 is 120 Å². The Kier molecular flexibility index (Phi) is 36.6. The van der Waals surface area contributed by atoms with Crippen LogP contribution in [-0.4, -0.2) is 174 Å². The molecule has 7 heterocycles. The quantitative estimate of drug-likeness (QED) is 0.0132. The minimum absolute atomic E-state index is 0.00391. The average molecular weight is 1540 g/mol. The van der Waals surface area contributed by atoms with E-state index in [0.717, 1.165) is 11.1 Å². The SMILES string of the molecule is CC(C)OC(=O)OCOP(=O)(CO[C@H](C)Cn1cnc2c(N)ncnc21)OCOC(=O)OC(C)C.CC(C)OC(=O)OCOP(=O)(CO[C@H](C)Cn1cnc2c(NP3(=O)OCCC(c4cccnc4)O3)ncnc21)OCOC(=O)OC(C)C.O=P(Cl)(Cl)Cl.OCCC(O)c1cccnc1. The summed E-state index contributed by atoms with van der Waals surface area (Å²) in [5.74, 6) is 0.362. The van der Waals surface area contributed by atoms with Gasteiger partial charge in [0, 0.05) is 44.2 Å². The van der Waals surface area contributed by atoms with Gasteiger partial charge in [0.05, 0.1) is 81.2 Å². The molecule has 0 aliphatic carbocycles. The molecule has 5 atom stereocenters. The first-order chi connectivity index (χ1) is 46.7. The van der Waals surface area contributed by atoms with Crippen LogP contribution in [0.4, 0.5) is 30.8 Å². The molecule has 6 aromatic heterocycles. The minimum atomic E-state index is -4.17. The molecule has 0 saturated carbocycles. The monoisotopic (exact) mass is 1540 g/mol. The van der Waals surface area contributed by atoms with E-state index in [2.05, 4.69) is 78.7 Å². The van der Waals surface area contributed by atoms with Crippen molar-refractivity contribution in [2.75, 3.05) is 63.9 Å². The van der Waals surface area contributed by atoms with E-state index >= 15 is 0 Å². The number of nitrogens with one attached hydrogen (secondary N) is 1. The normalized spacial score (nSPS) is 15.6. The maximum atomic E-state index is 13.5. The Balaban J connectivity index is 0.000000353. The van der Waals surface area contributed by atoms with Gasteiger partial charge in [-0.1, -0.05) is 12.1 Å². The fourth-order valence-electron chi connectivity index (χ4n) is 7.35. The number of hydrogen-bond acceptors (Lipinski definition) is 35. The zero-order valence-corrected chi connectivity index (χ0v) is 61.0. The Bertz CT molecular complexity index is 3570. The second-order valence-corrected chi connectivity index (χ2v) is 33.4. The molecule has 6 aromatic rings. The van der Waals surface area contributed by atoms with Gasteiger partial charge in [-0.3, -0.25) is 55.9 Å². The number of nitrogens with two attached hydrogens (primary N) is 1. The molecule has 0 aromatic carbocycles. The lowest BCUT2D eigenvalue weighted by Gasteiger charge is -2.29. The number of nitrogens with zero attached hydrogens (tertiary/aromatic N) is 10. The molecule has 0 bridgehead atoms. The Hall–Kier alpha value is -6.53. The molecule has 0 radical (unpaired) electrons. The highest BCUT2D eigenvalue weighted by molar-refractivity contribution is 8.24. The maximum absolute atomic E-state index is 13.5. The van der Waals surface area contributed by atoms with Crippen LogP contribution < -0.4 is 10.8 Å². The summed E-state index contributed by atoms with van der Waals surface area (Å²) in [5, 5.41) is 17.4. The Morgan fingerprint density at radius 3 is 1.48 bits per heavy atom. The molecule has 1 aliphatic rings. The number of fused-ring (bicyclic) bond motifs is 2. The van der Waals surface area contributed by atoms with E-state index < -0.39 is 141 Å². The van der Waals surface area contributed by atoms with Crippen LogP contribution in [0, 0.1) is 0 Å². The van der Waals surface area contributed by atoms with Crippen molar-refractivity contribution < 1.29 is 122 Å². The molecule has 1 fully saturated rings. The number of hydrogen-bond donors (Lipinski definition) is 4. The summed E-state index contributed by atoms with van der Waals surface area (Å²) in [4.78, 5) is 79.4. The molecule has 45 heteroatoms. The van der Waals surface area contributed by atoms with E-state index in [9.17, 15) is 42.5 Å². The lowest BCUT2D eigenvalue weighted by molar-refractivity contribution is -0.0390. The van der Waals surface area contributed by atoms with E-state index in [1.165, 1.54) is 25.3 Å². The minimum Gasteiger partial charge on any atom is -0.432 e. The summed E-state index contributed by atoms with van der Waals surface area (Å²) >= 11 is 13.8. The average Bonchev–Trinajstić information content (AvgIpc) is 1.76. The highest BCUT2D eigenvalue weighted by Gasteiger charge is 2.37. The Labute approximate surface area is 582 Å². The van der Waals surface area contributed by atoms with Crippen LogP contribution in [0.1, 0.15) is 105 Å². The number of imidazole rings is 2. The molecule has 5 N–H and O–H groups in total. The van der Waals surface area contributed by atoms with Crippen molar-refractivity contribution in [2.45, 2.75) is 144 Å². The summed E-state index contributed by atoms with van der Waals surface area (Å²) in [6.07, 6.45) is 3.60. The number of ether oxygens (including phenoxy) is 10. The maximum Gasteiger partial charge on any atom is 0.510 e. The van der Waals surface area contributed by atoms with Gasteiger partial charge in [0.2, 0.25) is 27.2 Å². The lowest BCUT2D eigenvalue weighted by atomic mass is 10.1. The largest absolute Gasteiger partial charge is 0.510 e. The summed E-state index contributed by atoms with van der Waals surface area (Å²) < 4.78 is 134. The number of aliphatic hydroxyl groups is 2. The van der Waals surface area contributed by atoms with Gasteiger partial charge in [0.1, 0.15) is 30.9 Å². The fourth-order valence-corrected chi connectivity index (χ4v) is 11.0. The van der Waals surface area contributed by atoms with Crippen LogP contribution in [0.25, 0.3) is 22.3 Å². The number of aliphatic hydroxyl groups excluding tert-OH is 2. The molecule has 99 heavy (non-hydrogen) atoms. The van der Waals surface area contributed by atoms with Crippen molar-refractivity contribution in [3.63, 3.8) is 0 Å². The van der Waals surface area contributed by atoms with Crippen LogP contribution in [0.15, 0.2) is 74.4 Å². The Morgan fingerprint density at radius 1 is 0.646 bits per heavy atom. The lowest BCUT2D eigenvalue weighted by Crippen LogP contribution is -2.20. The third kappa shape index (κ3) is 33.7. The van der Waals surface area contributed by atoms with Crippen LogP contribution in [0.3, 0.4) is 0 Å². The van der Waals surface area contributed by atoms with Crippen LogP contribution in [-0.2, 0) is 106 Å². The van der Waals surface area contributed by atoms with Gasteiger partial charge >= 0.3 is 52.8 Å². The summed E-state index contributed by atoms with van der Waals surface area (Å²) in [6.45, 7) is 13.9. The molecule has 0 spiro atoms. The number of nitrogen functional groups attached to an aromatic ring is 1. The molecule has 1 saturated heterocycles. The first-order valence-electron chi connectivity index (χ1n) is 29.6. The summed E-state index contributed by atoms with van der Waals surface area (Å²) in [5.41, 5.74) is 8.88. The highest BCUT2D eigenvalue weighted by Crippen LogP contribution is 2.61. The second-order valence-electron chi connectivity index (χ2n) is 21.1. The number of carbonyl (C=O) groups is 4. The van der Waals surface area contributed by atoms with Gasteiger partial charge in [0.25, 0.3) is 0 Å². The molecule has 3 unspecified atom stereocenters. The van der Waals surface area contributed by atoms with Gasteiger partial charge in [-0.15, -0.1) is 0 Å². The van der Waals surface area contributed by atoms with E-state index in [1.807, 2.05) is 6.07 Å². The van der Waals surface area contributed by atoms with Crippen molar-refractivity contribution in [2.24, 2.45) is 0 Å². The molecular formula is C54H79Cl3N12O26P4. The van der Waals surface area contributed by atoms with E-state index in [-0.39, 0.29) is 43.5 Å². The number of pyridine rings is 2. The van der Waals surface area contributed by atoms with Crippen molar-refractivity contribution in [1.29, 1.82) is 0 Å². The first kappa shape index (κ1) is 84.9. The highest BCUT2D eigenvalue weighted by atomic mass is 36.0. The third-order valence-electron chi connectivity index (χ3n) is 11.5. The van der Waals surface area contributed by atoms with Crippen LogP contribution >= 0.6 is 61.9 Å². The first-order valence-corrected chi connectivity index (χ1v) is 39.0. The zero-order chi connectivity index (χ0) is 73.3. The van der Waals surface area contributed by atoms with Crippen molar-refractivity contribution in [3.05, 3.63) is 85.5 Å². The fraction of sp³-hybridized carbons (Fsp3) is 0.556. The number of aromatic nitrogens is 10.